The Balaban J connectivity index is 1.53. The number of rotatable bonds is 2. The summed E-state index contributed by atoms with van der Waals surface area (Å²) in [6, 6.07) is 2.15. The zero-order chi connectivity index (χ0) is 12.1. The van der Waals surface area contributed by atoms with Crippen LogP contribution in [0.1, 0.15) is 42.8 Å². The van der Waals surface area contributed by atoms with E-state index < -0.39 is 0 Å². The highest BCUT2D eigenvalue weighted by molar-refractivity contribution is 7.09. The average Bonchev–Trinajstić information content (AvgIpc) is 2.80. The molecule has 4 saturated carbocycles. The molecule has 2 nitrogen and oxygen atoms in total. The second-order valence-electron chi connectivity index (χ2n) is 6.54. The van der Waals surface area contributed by atoms with Crippen LogP contribution in [-0.2, 0) is 6.42 Å². The highest BCUT2D eigenvalue weighted by atomic mass is 32.1. The molecule has 94 valence electrons. The lowest BCUT2D eigenvalue weighted by Gasteiger charge is -2.54. The van der Waals surface area contributed by atoms with Gasteiger partial charge in [-0.15, -0.1) is 11.3 Å². The maximum absolute atomic E-state index is 8.85. The van der Waals surface area contributed by atoms with Gasteiger partial charge >= 0.3 is 0 Å². The number of hydrogen-bond donors (Lipinski definition) is 0. The Morgan fingerprint density at radius 2 is 1.83 bits per heavy atom. The molecule has 0 spiro atoms. The molecule has 5 rings (SSSR count). The quantitative estimate of drug-likeness (QED) is 0.812. The predicted octanol–water partition coefficient (Wildman–Crippen LogP) is 3.63. The van der Waals surface area contributed by atoms with Gasteiger partial charge in [0.15, 0.2) is 5.69 Å². The van der Waals surface area contributed by atoms with Gasteiger partial charge in [-0.05, 0) is 61.7 Å². The Morgan fingerprint density at radius 3 is 2.39 bits per heavy atom. The lowest BCUT2D eigenvalue weighted by Crippen LogP contribution is -2.45. The van der Waals surface area contributed by atoms with Crippen molar-refractivity contribution >= 4 is 11.3 Å². The van der Waals surface area contributed by atoms with Crippen LogP contribution in [0, 0.1) is 40.9 Å². The van der Waals surface area contributed by atoms with E-state index in [1.165, 1.54) is 37.1 Å². The molecule has 4 fully saturated rings. The first kappa shape index (κ1) is 11.0. The molecular weight excluding hydrogens is 240 g/mol. The first-order valence-electron chi connectivity index (χ1n) is 7.16. The molecule has 0 saturated heterocycles. The summed E-state index contributed by atoms with van der Waals surface area (Å²) in [5, 5.41) is 12.0. The summed E-state index contributed by atoms with van der Waals surface area (Å²) in [7, 11) is 0. The largest absolute Gasteiger partial charge is 0.231 e. The summed E-state index contributed by atoms with van der Waals surface area (Å²) in [5.74, 6) is 4.91. The van der Waals surface area contributed by atoms with Gasteiger partial charge in [-0.3, -0.25) is 0 Å². The summed E-state index contributed by atoms with van der Waals surface area (Å²) < 4.78 is 0. The van der Waals surface area contributed by atoms with E-state index in [9.17, 15) is 0 Å². The van der Waals surface area contributed by atoms with Crippen molar-refractivity contribution in [2.75, 3.05) is 0 Å². The van der Waals surface area contributed by atoms with Crippen molar-refractivity contribution in [3.05, 3.63) is 16.1 Å². The Hall–Kier alpha value is -0.880. The zero-order valence-electron chi connectivity index (χ0n) is 10.5. The van der Waals surface area contributed by atoms with Crippen molar-refractivity contribution in [2.45, 2.75) is 38.5 Å². The van der Waals surface area contributed by atoms with Crippen LogP contribution in [-0.4, -0.2) is 4.98 Å². The molecule has 0 aromatic carbocycles. The maximum atomic E-state index is 8.85. The molecule has 1 heterocycles. The van der Waals surface area contributed by atoms with Crippen molar-refractivity contribution in [3.8, 4) is 6.07 Å². The number of nitrogens with zero attached hydrogens (tertiary/aromatic N) is 2. The van der Waals surface area contributed by atoms with Crippen molar-refractivity contribution in [3.63, 3.8) is 0 Å². The van der Waals surface area contributed by atoms with Crippen LogP contribution in [0.3, 0.4) is 0 Å². The van der Waals surface area contributed by atoms with Gasteiger partial charge in [-0.25, -0.2) is 4.98 Å². The number of nitriles is 1. The third-order valence-electron chi connectivity index (χ3n) is 5.50. The lowest BCUT2D eigenvalue weighted by atomic mass is 9.51. The van der Waals surface area contributed by atoms with Crippen LogP contribution in [0.15, 0.2) is 5.38 Å². The smallest absolute Gasteiger partial charge is 0.151 e. The molecule has 0 atom stereocenters. The number of thiazole rings is 1. The first-order chi connectivity index (χ1) is 8.81. The molecular formula is C15H18N2S. The van der Waals surface area contributed by atoms with E-state index in [0.29, 0.717) is 5.69 Å². The third kappa shape index (κ3) is 1.70. The van der Waals surface area contributed by atoms with E-state index in [1.807, 2.05) is 5.38 Å². The molecule has 1 aromatic heterocycles. The van der Waals surface area contributed by atoms with Gasteiger partial charge in [0, 0.05) is 11.8 Å². The van der Waals surface area contributed by atoms with Gasteiger partial charge in [0.05, 0.1) is 5.01 Å². The van der Waals surface area contributed by atoms with Gasteiger partial charge in [0.1, 0.15) is 6.07 Å². The second kappa shape index (κ2) is 4.06. The summed E-state index contributed by atoms with van der Waals surface area (Å²) in [5.41, 5.74) is 0.610. The second-order valence-corrected chi connectivity index (χ2v) is 7.48. The molecule has 0 N–H and O–H groups in total. The summed E-state index contributed by atoms with van der Waals surface area (Å²) in [4.78, 5) is 4.44. The van der Waals surface area contributed by atoms with E-state index >= 15 is 0 Å². The summed E-state index contributed by atoms with van der Waals surface area (Å²) >= 11 is 1.68. The van der Waals surface area contributed by atoms with Crippen LogP contribution in [0.25, 0.3) is 0 Å². The van der Waals surface area contributed by atoms with Crippen LogP contribution in [0.2, 0.25) is 0 Å². The van der Waals surface area contributed by atoms with Crippen molar-refractivity contribution in [2.24, 2.45) is 29.6 Å². The minimum atomic E-state index is 0.610. The van der Waals surface area contributed by atoms with Crippen LogP contribution >= 0.6 is 11.3 Å². The molecule has 3 heteroatoms. The van der Waals surface area contributed by atoms with Gasteiger partial charge in [-0.1, -0.05) is 0 Å². The fourth-order valence-corrected chi connectivity index (χ4v) is 5.82. The highest BCUT2D eigenvalue weighted by Crippen LogP contribution is 2.57. The van der Waals surface area contributed by atoms with Gasteiger partial charge in [-0.2, -0.15) is 5.26 Å². The van der Waals surface area contributed by atoms with Crippen LogP contribution < -0.4 is 0 Å². The van der Waals surface area contributed by atoms with Gasteiger partial charge in [0.2, 0.25) is 0 Å². The maximum Gasteiger partial charge on any atom is 0.151 e. The molecule has 4 aliphatic carbocycles. The van der Waals surface area contributed by atoms with Gasteiger partial charge in [0.25, 0.3) is 0 Å². The fraction of sp³-hybridized carbons (Fsp3) is 0.733. The van der Waals surface area contributed by atoms with E-state index in [4.69, 9.17) is 5.26 Å². The zero-order valence-corrected chi connectivity index (χ0v) is 11.3. The van der Waals surface area contributed by atoms with E-state index in [0.717, 1.165) is 36.0 Å². The highest BCUT2D eigenvalue weighted by Gasteiger charge is 2.48. The first-order valence-corrected chi connectivity index (χ1v) is 8.04. The molecule has 1 aromatic rings. The van der Waals surface area contributed by atoms with Crippen molar-refractivity contribution < 1.29 is 0 Å². The SMILES string of the molecule is N#Cc1csc(CC2C3CC4CC(C3)CC2C4)n1. The minimum absolute atomic E-state index is 0.610. The van der Waals surface area contributed by atoms with E-state index in [2.05, 4.69) is 11.1 Å². The van der Waals surface area contributed by atoms with E-state index in [-0.39, 0.29) is 0 Å². The number of aromatic nitrogens is 1. The van der Waals surface area contributed by atoms with Crippen LogP contribution in [0.5, 0.6) is 0 Å². The third-order valence-corrected chi connectivity index (χ3v) is 6.37. The molecule has 0 radical (unpaired) electrons. The predicted molar refractivity (Wildman–Crippen MR) is 71.1 cm³/mol. The summed E-state index contributed by atoms with van der Waals surface area (Å²) in [6.45, 7) is 0. The summed E-state index contributed by atoms with van der Waals surface area (Å²) in [6.07, 6.45) is 8.58. The molecule has 0 unspecified atom stereocenters. The monoisotopic (exact) mass is 258 g/mol. The standard InChI is InChI=1S/C15H18N2S/c16-7-13-8-18-15(17-13)6-14-11-2-9-1-10(4-11)5-12(14)3-9/h8-12,14H,1-6H2. The Kier molecular flexibility index (Phi) is 2.48. The molecule has 0 amide bonds. The Bertz CT molecular complexity index is 471. The van der Waals surface area contributed by atoms with Crippen molar-refractivity contribution in [1.29, 1.82) is 5.26 Å². The number of hydrogen-bond acceptors (Lipinski definition) is 3. The molecule has 18 heavy (non-hydrogen) atoms. The average molecular weight is 258 g/mol. The van der Waals surface area contributed by atoms with E-state index in [1.54, 1.807) is 11.3 Å². The van der Waals surface area contributed by atoms with Crippen LogP contribution in [0.4, 0.5) is 0 Å². The Morgan fingerprint density at radius 1 is 1.17 bits per heavy atom. The molecule has 0 aliphatic heterocycles. The Labute approximate surface area is 112 Å². The molecule has 4 aliphatic rings. The minimum Gasteiger partial charge on any atom is -0.231 e. The van der Waals surface area contributed by atoms with Crippen molar-refractivity contribution in [1.82, 2.24) is 4.98 Å². The molecule has 4 bridgehead atoms. The van der Waals surface area contributed by atoms with Gasteiger partial charge < -0.3 is 0 Å². The topological polar surface area (TPSA) is 36.7 Å². The fourth-order valence-electron chi connectivity index (χ4n) is 5.03. The lowest BCUT2D eigenvalue weighted by molar-refractivity contribution is -0.0360. The normalized spacial score (nSPS) is 40.9.